The monoisotopic (exact) mass is 465 g/mol. The van der Waals surface area contributed by atoms with Gasteiger partial charge in [0.05, 0.1) is 16.9 Å². The highest BCUT2D eigenvalue weighted by Gasteiger charge is 2.06. The second kappa shape index (κ2) is 10.2. The lowest BCUT2D eigenvalue weighted by atomic mass is 10.2. The predicted octanol–water partition coefficient (Wildman–Crippen LogP) is 2.73. The molecule has 0 heterocycles. The van der Waals surface area contributed by atoms with Gasteiger partial charge in [0.1, 0.15) is 11.8 Å². The Morgan fingerprint density at radius 1 is 1.23 bits per heavy atom. The number of hydrogen-bond donors (Lipinski definition) is 1. The van der Waals surface area contributed by atoms with Gasteiger partial charge in [-0.1, -0.05) is 12.1 Å². The van der Waals surface area contributed by atoms with Crippen LogP contribution < -0.4 is 19.6 Å². The molecule has 0 fully saturated rings. The summed E-state index contributed by atoms with van der Waals surface area (Å²) < 4.78 is 16.8. The van der Waals surface area contributed by atoms with Crippen molar-refractivity contribution in [2.45, 2.75) is 0 Å². The molecule has 134 valence electrons. The van der Waals surface area contributed by atoms with Gasteiger partial charge in [0.2, 0.25) is 0 Å². The molecule has 0 spiro atoms. The van der Waals surface area contributed by atoms with Crippen molar-refractivity contribution in [3.8, 4) is 23.3 Å². The summed E-state index contributed by atoms with van der Waals surface area (Å²) in [7, 11) is 1.50. The molecule has 0 aliphatic carbocycles. The molecule has 2 aromatic carbocycles. The van der Waals surface area contributed by atoms with E-state index in [1.807, 2.05) is 24.3 Å². The number of hydrogen-bond acceptors (Lipinski definition) is 6. The molecule has 2 aromatic rings. The molecule has 0 radical (unpaired) electrons. The summed E-state index contributed by atoms with van der Waals surface area (Å²) >= 11 is 2.13. The van der Waals surface area contributed by atoms with Crippen molar-refractivity contribution < 1.29 is 19.0 Å². The maximum Gasteiger partial charge on any atom is 0.277 e. The summed E-state index contributed by atoms with van der Waals surface area (Å²) in [5, 5.41) is 12.4. The standard InChI is InChI=1S/C18H16IN3O4/c1-24-17-10-13(6-7-16(17)25-9-8-20)11-21-22-18(23)12-26-15-5-3-2-4-14(15)19/h2-7,10-11H,9,12H2,1H3,(H,22,23)/b21-11+. The third-order valence-corrected chi connectivity index (χ3v) is 3.97. The number of nitriles is 1. The summed E-state index contributed by atoms with van der Waals surface area (Å²) in [6, 6.07) is 14.4. The van der Waals surface area contributed by atoms with E-state index in [9.17, 15) is 4.79 Å². The van der Waals surface area contributed by atoms with Gasteiger partial charge in [0, 0.05) is 0 Å². The molecular weight excluding hydrogens is 449 g/mol. The fourth-order valence-electron chi connectivity index (χ4n) is 1.91. The molecule has 0 saturated heterocycles. The van der Waals surface area contributed by atoms with Crippen LogP contribution in [0.15, 0.2) is 47.6 Å². The number of benzene rings is 2. The van der Waals surface area contributed by atoms with Gasteiger partial charge in [-0.05, 0) is 58.5 Å². The number of nitrogens with one attached hydrogen (secondary N) is 1. The van der Waals surface area contributed by atoms with Gasteiger partial charge in [0.25, 0.3) is 5.91 Å². The average molecular weight is 465 g/mol. The van der Waals surface area contributed by atoms with Crippen molar-refractivity contribution in [1.29, 1.82) is 5.26 Å². The third kappa shape index (κ3) is 5.93. The van der Waals surface area contributed by atoms with E-state index in [0.717, 1.165) is 3.57 Å². The van der Waals surface area contributed by atoms with E-state index in [0.29, 0.717) is 22.8 Å². The number of carbonyl (C=O) groups is 1. The first-order valence-electron chi connectivity index (χ1n) is 7.51. The fourth-order valence-corrected chi connectivity index (χ4v) is 2.45. The smallest absolute Gasteiger partial charge is 0.277 e. The number of ether oxygens (including phenoxy) is 3. The van der Waals surface area contributed by atoms with Gasteiger partial charge in [0.15, 0.2) is 24.7 Å². The molecule has 0 atom stereocenters. The van der Waals surface area contributed by atoms with Gasteiger partial charge >= 0.3 is 0 Å². The molecule has 0 aliphatic rings. The minimum absolute atomic E-state index is 0.0692. The summed E-state index contributed by atoms with van der Waals surface area (Å²) in [5.41, 5.74) is 3.09. The zero-order chi connectivity index (χ0) is 18.8. The zero-order valence-corrected chi connectivity index (χ0v) is 16.1. The Morgan fingerprint density at radius 2 is 2.04 bits per heavy atom. The Hall–Kier alpha value is -2.80. The number of carbonyl (C=O) groups excluding carboxylic acids is 1. The highest BCUT2D eigenvalue weighted by molar-refractivity contribution is 14.1. The molecule has 0 saturated carbocycles. The summed E-state index contributed by atoms with van der Waals surface area (Å²) in [6.45, 7) is -0.207. The molecule has 0 aliphatic heterocycles. The van der Waals surface area contributed by atoms with Crippen LogP contribution in [-0.2, 0) is 4.79 Å². The van der Waals surface area contributed by atoms with Crippen LogP contribution in [0.5, 0.6) is 17.2 Å². The number of halogens is 1. The van der Waals surface area contributed by atoms with E-state index in [2.05, 4.69) is 33.1 Å². The molecule has 0 unspecified atom stereocenters. The Labute approximate surface area is 164 Å². The maximum atomic E-state index is 11.8. The van der Waals surface area contributed by atoms with Crippen LogP contribution in [0.25, 0.3) is 0 Å². The van der Waals surface area contributed by atoms with E-state index in [4.69, 9.17) is 19.5 Å². The van der Waals surface area contributed by atoms with Crippen molar-refractivity contribution in [2.75, 3.05) is 20.3 Å². The summed E-state index contributed by atoms with van der Waals surface area (Å²) in [4.78, 5) is 11.8. The first kappa shape index (κ1) is 19.5. The number of para-hydroxylation sites is 1. The van der Waals surface area contributed by atoms with Gasteiger partial charge in [-0.25, -0.2) is 5.43 Å². The maximum absolute atomic E-state index is 11.8. The minimum atomic E-state index is -0.373. The van der Waals surface area contributed by atoms with Crippen LogP contribution in [0.4, 0.5) is 0 Å². The van der Waals surface area contributed by atoms with Crippen molar-refractivity contribution in [1.82, 2.24) is 5.43 Å². The number of rotatable bonds is 8. The molecular formula is C18H16IN3O4. The first-order valence-corrected chi connectivity index (χ1v) is 8.59. The SMILES string of the molecule is COc1cc(/C=N/NC(=O)COc2ccccc2I)ccc1OCC#N. The van der Waals surface area contributed by atoms with E-state index in [1.165, 1.54) is 13.3 Å². The van der Waals surface area contributed by atoms with Gasteiger partial charge in [-0.3, -0.25) is 4.79 Å². The van der Waals surface area contributed by atoms with Crippen LogP contribution >= 0.6 is 22.6 Å². The molecule has 1 N–H and O–H groups in total. The number of hydrazone groups is 1. The van der Waals surface area contributed by atoms with E-state index in [1.54, 1.807) is 24.3 Å². The Morgan fingerprint density at radius 3 is 2.77 bits per heavy atom. The highest BCUT2D eigenvalue weighted by atomic mass is 127. The van der Waals surface area contributed by atoms with Crippen molar-refractivity contribution in [3.63, 3.8) is 0 Å². The van der Waals surface area contributed by atoms with Crippen molar-refractivity contribution in [2.24, 2.45) is 5.10 Å². The summed E-state index contributed by atoms with van der Waals surface area (Å²) in [6.07, 6.45) is 1.47. The second-order valence-electron chi connectivity index (χ2n) is 4.87. The third-order valence-electron chi connectivity index (χ3n) is 3.08. The molecule has 1 amide bonds. The van der Waals surface area contributed by atoms with Gasteiger partial charge in [-0.2, -0.15) is 10.4 Å². The van der Waals surface area contributed by atoms with E-state index < -0.39 is 0 Å². The van der Waals surface area contributed by atoms with Crippen molar-refractivity contribution >= 4 is 34.7 Å². The Balaban J connectivity index is 1.88. The largest absolute Gasteiger partial charge is 0.493 e. The van der Waals surface area contributed by atoms with Crippen molar-refractivity contribution in [3.05, 3.63) is 51.6 Å². The zero-order valence-electron chi connectivity index (χ0n) is 13.9. The summed E-state index contributed by atoms with van der Waals surface area (Å²) in [5.74, 6) is 1.20. The lowest BCUT2D eigenvalue weighted by Gasteiger charge is -2.08. The first-order chi connectivity index (χ1) is 12.6. The topological polar surface area (TPSA) is 92.9 Å². The lowest BCUT2D eigenvalue weighted by Crippen LogP contribution is -2.24. The molecule has 26 heavy (non-hydrogen) atoms. The molecule has 7 nitrogen and oxygen atoms in total. The molecule has 0 bridgehead atoms. The Bertz CT molecular complexity index is 833. The highest BCUT2D eigenvalue weighted by Crippen LogP contribution is 2.27. The molecule has 8 heteroatoms. The molecule has 0 aromatic heterocycles. The number of amides is 1. The number of nitrogens with zero attached hydrogens (tertiary/aromatic N) is 2. The second-order valence-corrected chi connectivity index (χ2v) is 6.03. The molecule has 2 rings (SSSR count). The minimum Gasteiger partial charge on any atom is -0.493 e. The fraction of sp³-hybridized carbons (Fsp3) is 0.167. The van der Waals surface area contributed by atoms with E-state index in [-0.39, 0.29) is 19.1 Å². The predicted molar refractivity (Wildman–Crippen MR) is 104 cm³/mol. The number of methoxy groups -OCH3 is 1. The van der Waals surface area contributed by atoms with Crippen LogP contribution in [0, 0.1) is 14.9 Å². The van der Waals surface area contributed by atoms with E-state index >= 15 is 0 Å². The lowest BCUT2D eigenvalue weighted by molar-refractivity contribution is -0.123. The van der Waals surface area contributed by atoms with Gasteiger partial charge < -0.3 is 14.2 Å². The van der Waals surface area contributed by atoms with Gasteiger partial charge in [-0.15, -0.1) is 0 Å². The normalized spacial score (nSPS) is 10.2. The quantitative estimate of drug-likeness (QED) is 0.368. The van der Waals surface area contributed by atoms with Crippen LogP contribution in [0.3, 0.4) is 0 Å². The van der Waals surface area contributed by atoms with Crippen LogP contribution in [0.2, 0.25) is 0 Å². The average Bonchev–Trinajstić information content (AvgIpc) is 2.66. The van der Waals surface area contributed by atoms with Crippen LogP contribution in [-0.4, -0.2) is 32.4 Å². The Kier molecular flexibility index (Phi) is 7.70. The van der Waals surface area contributed by atoms with Crippen LogP contribution in [0.1, 0.15) is 5.56 Å².